The van der Waals surface area contributed by atoms with E-state index in [0.29, 0.717) is 12.3 Å². The van der Waals surface area contributed by atoms with Crippen molar-refractivity contribution in [3.63, 3.8) is 0 Å². The van der Waals surface area contributed by atoms with Crippen LogP contribution in [-0.2, 0) is 9.53 Å². The van der Waals surface area contributed by atoms with Gasteiger partial charge in [-0.25, -0.2) is 0 Å². The second-order valence-electron chi connectivity index (χ2n) is 7.52. The van der Waals surface area contributed by atoms with E-state index in [-0.39, 0.29) is 5.91 Å². The number of nitrogens with one attached hydrogen (secondary N) is 2. The van der Waals surface area contributed by atoms with Gasteiger partial charge < -0.3 is 20.3 Å². The summed E-state index contributed by atoms with van der Waals surface area (Å²) < 4.78 is 5.73. The van der Waals surface area contributed by atoms with Gasteiger partial charge in [0.2, 0.25) is 5.91 Å². The molecule has 0 aliphatic carbocycles. The van der Waals surface area contributed by atoms with Crippen molar-refractivity contribution in [2.24, 2.45) is 10.9 Å². The fourth-order valence-electron chi connectivity index (χ4n) is 3.51. The molecule has 0 aromatic heterocycles. The van der Waals surface area contributed by atoms with Crippen molar-refractivity contribution in [3.05, 3.63) is 0 Å². The Balaban J connectivity index is 2.03. The van der Waals surface area contributed by atoms with Crippen LogP contribution in [0, 0.1) is 5.92 Å². The third-order valence-electron chi connectivity index (χ3n) is 5.27. The van der Waals surface area contributed by atoms with Crippen LogP contribution in [-0.4, -0.2) is 63.7 Å². The molecule has 1 fully saturated rings. The summed E-state index contributed by atoms with van der Waals surface area (Å²) in [6.07, 6.45) is 11.6. The third kappa shape index (κ3) is 11.2. The van der Waals surface area contributed by atoms with Gasteiger partial charge in [0.25, 0.3) is 0 Å². The molecule has 0 unspecified atom stereocenters. The first kappa shape index (κ1) is 23.7. The number of ether oxygens (including phenoxy) is 1. The van der Waals surface area contributed by atoms with E-state index in [4.69, 9.17) is 4.74 Å². The Hall–Kier alpha value is -1.30. The minimum absolute atomic E-state index is 0.150. The lowest BCUT2D eigenvalue weighted by Crippen LogP contribution is -2.46. The molecule has 0 atom stereocenters. The van der Waals surface area contributed by atoms with Gasteiger partial charge in [0.15, 0.2) is 5.96 Å². The van der Waals surface area contributed by atoms with Gasteiger partial charge in [-0.15, -0.1) is 0 Å². The number of hydrogen-bond donors (Lipinski definition) is 2. The highest BCUT2D eigenvalue weighted by molar-refractivity contribution is 5.80. The number of carbonyl (C=O) groups excluding carboxylic acids is 1. The molecule has 0 spiro atoms. The summed E-state index contributed by atoms with van der Waals surface area (Å²) in [4.78, 5) is 18.2. The van der Waals surface area contributed by atoms with Crippen molar-refractivity contribution in [2.75, 3.05) is 46.9 Å². The SMILES string of the molecule is CCCCCCCCOCCCNC(=NC)N1CCC(CC(=O)NC)CC1. The Morgan fingerprint density at radius 2 is 1.74 bits per heavy atom. The van der Waals surface area contributed by atoms with Gasteiger partial charge in [0.05, 0.1) is 0 Å². The van der Waals surface area contributed by atoms with Gasteiger partial charge in [0.1, 0.15) is 0 Å². The van der Waals surface area contributed by atoms with Crippen LogP contribution in [0.3, 0.4) is 0 Å². The van der Waals surface area contributed by atoms with E-state index in [1.54, 1.807) is 7.05 Å². The number of rotatable bonds is 13. The average Bonchev–Trinajstić information content (AvgIpc) is 2.69. The summed E-state index contributed by atoms with van der Waals surface area (Å²) >= 11 is 0. The predicted molar refractivity (Wildman–Crippen MR) is 113 cm³/mol. The van der Waals surface area contributed by atoms with E-state index in [1.165, 1.54) is 38.5 Å². The molecular weight excluding hydrogens is 340 g/mol. The van der Waals surface area contributed by atoms with Crippen LogP contribution in [0.5, 0.6) is 0 Å². The molecule has 1 aliphatic rings. The summed E-state index contributed by atoms with van der Waals surface area (Å²) in [7, 11) is 3.55. The molecule has 158 valence electrons. The molecule has 0 aromatic rings. The zero-order valence-corrected chi connectivity index (χ0v) is 17.9. The Morgan fingerprint density at radius 1 is 1.07 bits per heavy atom. The predicted octanol–water partition coefficient (Wildman–Crippen LogP) is 3.18. The molecule has 0 aromatic carbocycles. The summed E-state index contributed by atoms with van der Waals surface area (Å²) in [6, 6.07) is 0. The van der Waals surface area contributed by atoms with Crippen LogP contribution >= 0.6 is 0 Å². The maximum Gasteiger partial charge on any atom is 0.220 e. The van der Waals surface area contributed by atoms with E-state index in [0.717, 1.165) is 58.1 Å². The zero-order valence-electron chi connectivity index (χ0n) is 17.9. The fraction of sp³-hybridized carbons (Fsp3) is 0.905. The maximum atomic E-state index is 11.5. The highest BCUT2D eigenvalue weighted by Crippen LogP contribution is 2.20. The Kier molecular flexibility index (Phi) is 13.8. The van der Waals surface area contributed by atoms with E-state index in [1.807, 2.05) is 7.05 Å². The number of hydrogen-bond acceptors (Lipinski definition) is 3. The van der Waals surface area contributed by atoms with E-state index in [9.17, 15) is 4.79 Å². The van der Waals surface area contributed by atoms with Crippen LogP contribution < -0.4 is 10.6 Å². The summed E-state index contributed by atoms with van der Waals surface area (Å²) in [5.41, 5.74) is 0. The minimum Gasteiger partial charge on any atom is -0.381 e. The monoisotopic (exact) mass is 382 g/mol. The number of piperidine rings is 1. The van der Waals surface area contributed by atoms with Crippen molar-refractivity contribution in [3.8, 4) is 0 Å². The topological polar surface area (TPSA) is 66.0 Å². The number of carbonyl (C=O) groups is 1. The second kappa shape index (κ2) is 15.7. The summed E-state index contributed by atoms with van der Waals surface area (Å²) in [5.74, 6) is 1.62. The highest BCUT2D eigenvalue weighted by atomic mass is 16.5. The third-order valence-corrected chi connectivity index (χ3v) is 5.27. The van der Waals surface area contributed by atoms with E-state index in [2.05, 4.69) is 27.4 Å². The van der Waals surface area contributed by atoms with Crippen molar-refractivity contribution < 1.29 is 9.53 Å². The van der Waals surface area contributed by atoms with Gasteiger partial charge in [0, 0.05) is 53.4 Å². The average molecular weight is 383 g/mol. The van der Waals surface area contributed by atoms with Crippen LogP contribution in [0.2, 0.25) is 0 Å². The van der Waals surface area contributed by atoms with E-state index >= 15 is 0 Å². The van der Waals surface area contributed by atoms with Crippen LogP contribution in [0.1, 0.15) is 71.1 Å². The first-order valence-corrected chi connectivity index (χ1v) is 10.9. The summed E-state index contributed by atoms with van der Waals surface area (Å²) in [5, 5.41) is 6.17. The summed E-state index contributed by atoms with van der Waals surface area (Å²) in [6.45, 7) is 6.78. The maximum absolute atomic E-state index is 11.5. The molecule has 6 heteroatoms. The van der Waals surface area contributed by atoms with Crippen LogP contribution in [0.15, 0.2) is 4.99 Å². The number of guanidine groups is 1. The first-order valence-electron chi connectivity index (χ1n) is 10.9. The molecule has 2 N–H and O–H groups in total. The number of likely N-dealkylation sites (tertiary alicyclic amines) is 1. The quantitative estimate of drug-likeness (QED) is 0.292. The van der Waals surface area contributed by atoms with E-state index < -0.39 is 0 Å². The largest absolute Gasteiger partial charge is 0.381 e. The Morgan fingerprint density at radius 3 is 2.41 bits per heavy atom. The number of nitrogens with zero attached hydrogens (tertiary/aromatic N) is 2. The van der Waals surface area contributed by atoms with Gasteiger partial charge in [-0.3, -0.25) is 9.79 Å². The molecular formula is C21H42N4O2. The smallest absolute Gasteiger partial charge is 0.220 e. The molecule has 1 aliphatic heterocycles. The lowest BCUT2D eigenvalue weighted by Gasteiger charge is -2.34. The Labute approximate surface area is 166 Å². The molecule has 0 radical (unpaired) electrons. The number of unbranched alkanes of at least 4 members (excludes halogenated alkanes) is 5. The lowest BCUT2D eigenvalue weighted by atomic mass is 9.93. The molecule has 6 nitrogen and oxygen atoms in total. The first-order chi connectivity index (χ1) is 13.2. The molecule has 1 heterocycles. The lowest BCUT2D eigenvalue weighted by molar-refractivity contribution is -0.121. The minimum atomic E-state index is 0.150. The standard InChI is InChI=1S/C21H42N4O2/c1-4-5-6-7-8-9-16-27-17-10-13-24-21(23-3)25-14-11-19(12-15-25)18-20(26)22-2/h19H,4-18H2,1-3H3,(H,22,26)(H,23,24). The van der Waals surface area contributed by atoms with Gasteiger partial charge in [-0.2, -0.15) is 0 Å². The second-order valence-corrected chi connectivity index (χ2v) is 7.52. The van der Waals surface area contributed by atoms with Crippen LogP contribution in [0.25, 0.3) is 0 Å². The van der Waals surface area contributed by atoms with Crippen molar-refractivity contribution in [1.82, 2.24) is 15.5 Å². The van der Waals surface area contributed by atoms with Crippen molar-refractivity contribution in [1.29, 1.82) is 0 Å². The molecule has 1 rings (SSSR count). The molecule has 0 bridgehead atoms. The normalized spacial score (nSPS) is 15.8. The molecule has 1 saturated heterocycles. The molecule has 1 amide bonds. The Bertz CT molecular complexity index is 407. The van der Waals surface area contributed by atoms with Gasteiger partial charge >= 0.3 is 0 Å². The fourth-order valence-corrected chi connectivity index (χ4v) is 3.51. The van der Waals surface area contributed by atoms with Crippen LogP contribution in [0.4, 0.5) is 0 Å². The van der Waals surface area contributed by atoms with Gasteiger partial charge in [-0.1, -0.05) is 39.0 Å². The number of aliphatic imine (C=N–C) groups is 1. The highest BCUT2D eigenvalue weighted by Gasteiger charge is 2.22. The van der Waals surface area contributed by atoms with Crippen molar-refractivity contribution >= 4 is 11.9 Å². The molecule has 0 saturated carbocycles. The van der Waals surface area contributed by atoms with Crippen molar-refractivity contribution in [2.45, 2.75) is 71.1 Å². The molecule has 27 heavy (non-hydrogen) atoms. The zero-order chi connectivity index (χ0) is 19.7. The number of amides is 1. The van der Waals surface area contributed by atoms with Gasteiger partial charge in [-0.05, 0) is 31.6 Å².